The van der Waals surface area contributed by atoms with Crippen LogP contribution in [0.1, 0.15) is 49.5 Å². The maximum Gasteiger partial charge on any atom is 0.410 e. The molecule has 11 nitrogen and oxygen atoms in total. The zero-order chi connectivity index (χ0) is 30.4. The van der Waals surface area contributed by atoms with Crippen LogP contribution in [0, 0.1) is 11.3 Å². The molecule has 14 heteroatoms. The number of fused-ring (bicyclic) bond motifs is 1. The molecule has 1 saturated carbocycles. The SMILES string of the molecule is CC1N(C(=O)OC2CC(Nc3cc(-c4ccc5cc(C#N)cnn45)ncc3C(=O)NCC(F)C(C)(C)O)C2)CC1(F)F. The number of hydrogen-bond acceptors (Lipinski definition) is 8. The van der Waals surface area contributed by atoms with E-state index >= 15 is 0 Å². The predicted octanol–water partition coefficient (Wildman–Crippen LogP) is 3.53. The van der Waals surface area contributed by atoms with Gasteiger partial charge in [-0.15, -0.1) is 0 Å². The molecule has 2 unspecified atom stereocenters. The van der Waals surface area contributed by atoms with Crippen LogP contribution in [0.5, 0.6) is 0 Å². The number of aliphatic hydroxyl groups is 1. The van der Waals surface area contributed by atoms with Crippen molar-refractivity contribution in [3.8, 4) is 17.5 Å². The maximum absolute atomic E-state index is 14.3. The molecule has 0 radical (unpaired) electrons. The summed E-state index contributed by atoms with van der Waals surface area (Å²) >= 11 is 0. The molecular formula is C28H30F3N7O4. The molecule has 1 aliphatic carbocycles. The summed E-state index contributed by atoms with van der Waals surface area (Å²) in [6, 6.07) is 7.46. The summed E-state index contributed by atoms with van der Waals surface area (Å²) in [6.45, 7) is 2.77. The molecule has 222 valence electrons. The molecule has 42 heavy (non-hydrogen) atoms. The van der Waals surface area contributed by atoms with Crippen LogP contribution >= 0.6 is 0 Å². The number of likely N-dealkylation sites (tertiary alicyclic amines) is 1. The van der Waals surface area contributed by atoms with Crippen molar-refractivity contribution >= 4 is 23.2 Å². The van der Waals surface area contributed by atoms with Gasteiger partial charge < -0.3 is 20.5 Å². The number of ether oxygens (including phenoxy) is 1. The first-order valence-corrected chi connectivity index (χ1v) is 13.4. The summed E-state index contributed by atoms with van der Waals surface area (Å²) in [5.74, 6) is -3.54. The molecule has 5 rings (SSSR count). The molecule has 4 heterocycles. The Hall–Kier alpha value is -4.38. The number of carbonyl (C=O) groups is 2. The average molecular weight is 586 g/mol. The van der Waals surface area contributed by atoms with Crippen molar-refractivity contribution in [1.29, 1.82) is 5.26 Å². The van der Waals surface area contributed by atoms with Crippen molar-refractivity contribution in [2.24, 2.45) is 0 Å². The highest BCUT2D eigenvalue weighted by molar-refractivity contribution is 6.00. The van der Waals surface area contributed by atoms with E-state index in [0.717, 1.165) is 4.90 Å². The van der Waals surface area contributed by atoms with Gasteiger partial charge in [0.1, 0.15) is 18.3 Å². The number of nitrogens with one attached hydrogen (secondary N) is 2. The molecule has 2 aliphatic rings. The summed E-state index contributed by atoms with van der Waals surface area (Å²) in [5.41, 5.74) is 0.972. The van der Waals surface area contributed by atoms with Crippen molar-refractivity contribution in [1.82, 2.24) is 24.8 Å². The molecule has 3 aromatic rings. The number of nitrogens with zero attached hydrogens (tertiary/aromatic N) is 5. The number of rotatable bonds is 8. The fourth-order valence-electron chi connectivity index (χ4n) is 4.72. The van der Waals surface area contributed by atoms with E-state index in [0.29, 0.717) is 41.0 Å². The molecule has 2 atom stereocenters. The molecule has 0 aromatic carbocycles. The molecule has 3 N–H and O–H groups in total. The molecule has 2 fully saturated rings. The molecular weight excluding hydrogens is 555 g/mol. The van der Waals surface area contributed by atoms with Gasteiger partial charge in [0, 0.05) is 25.1 Å². The first-order valence-electron chi connectivity index (χ1n) is 13.4. The van der Waals surface area contributed by atoms with Gasteiger partial charge >= 0.3 is 6.09 Å². The Labute approximate surface area is 239 Å². The molecule has 0 bridgehead atoms. The number of carbonyl (C=O) groups excluding carboxylic acids is 2. The first-order chi connectivity index (χ1) is 19.8. The Bertz CT molecular complexity index is 1560. The van der Waals surface area contributed by atoms with E-state index in [1.54, 1.807) is 28.8 Å². The molecule has 1 aliphatic heterocycles. The van der Waals surface area contributed by atoms with Gasteiger partial charge in [0.05, 0.1) is 64.6 Å². The van der Waals surface area contributed by atoms with Crippen molar-refractivity contribution in [3.63, 3.8) is 0 Å². The van der Waals surface area contributed by atoms with E-state index < -0.39 is 54.9 Å². The molecule has 3 aromatic heterocycles. The Morgan fingerprint density at radius 1 is 1.29 bits per heavy atom. The Morgan fingerprint density at radius 3 is 2.67 bits per heavy atom. The van der Waals surface area contributed by atoms with E-state index in [2.05, 4.69) is 20.7 Å². The van der Waals surface area contributed by atoms with Gasteiger partial charge in [-0.3, -0.25) is 14.7 Å². The van der Waals surface area contributed by atoms with E-state index in [1.165, 1.54) is 33.2 Å². The van der Waals surface area contributed by atoms with Gasteiger partial charge in [-0.2, -0.15) is 10.4 Å². The maximum atomic E-state index is 14.3. The number of amides is 2. The van der Waals surface area contributed by atoms with Gasteiger partial charge in [-0.25, -0.2) is 22.5 Å². The van der Waals surface area contributed by atoms with Crippen LogP contribution in [0.25, 0.3) is 16.9 Å². The zero-order valence-electron chi connectivity index (χ0n) is 23.1. The van der Waals surface area contributed by atoms with Crippen molar-refractivity contribution in [3.05, 3.63) is 47.8 Å². The second-order valence-electron chi connectivity index (χ2n) is 11.2. The lowest BCUT2D eigenvalue weighted by molar-refractivity contribution is -0.167. The zero-order valence-corrected chi connectivity index (χ0v) is 23.1. The fourth-order valence-corrected chi connectivity index (χ4v) is 4.72. The van der Waals surface area contributed by atoms with E-state index in [-0.39, 0.29) is 11.6 Å². The van der Waals surface area contributed by atoms with Crippen LogP contribution in [0.15, 0.2) is 36.7 Å². The average Bonchev–Trinajstić information content (AvgIpc) is 3.35. The molecule has 1 saturated heterocycles. The highest BCUT2D eigenvalue weighted by Gasteiger charge is 2.55. The lowest BCUT2D eigenvalue weighted by Crippen LogP contribution is -2.66. The third kappa shape index (κ3) is 5.69. The Kier molecular flexibility index (Phi) is 7.48. The number of alkyl halides is 3. The van der Waals surface area contributed by atoms with Crippen molar-refractivity contribution < 1.29 is 32.6 Å². The summed E-state index contributed by atoms with van der Waals surface area (Å²) in [6.07, 6.45) is 0.532. The number of hydrogen-bond donors (Lipinski definition) is 3. The van der Waals surface area contributed by atoms with Gasteiger partial charge in [-0.05, 0) is 45.0 Å². The van der Waals surface area contributed by atoms with E-state index in [4.69, 9.17) is 10.00 Å². The minimum Gasteiger partial charge on any atom is -0.446 e. The van der Waals surface area contributed by atoms with Gasteiger partial charge in [0.2, 0.25) is 0 Å². The monoisotopic (exact) mass is 585 g/mol. The second kappa shape index (κ2) is 10.8. The van der Waals surface area contributed by atoms with Crippen LogP contribution < -0.4 is 10.6 Å². The first kappa shape index (κ1) is 29.1. The largest absolute Gasteiger partial charge is 0.446 e. The quantitative estimate of drug-likeness (QED) is 0.364. The number of nitriles is 1. The normalized spacial score (nSPS) is 22.0. The fraction of sp³-hybridized carbons (Fsp3) is 0.464. The van der Waals surface area contributed by atoms with Crippen LogP contribution in [0.2, 0.25) is 0 Å². The topological polar surface area (TPSA) is 145 Å². The predicted molar refractivity (Wildman–Crippen MR) is 145 cm³/mol. The van der Waals surface area contributed by atoms with Gasteiger partial charge in [-0.1, -0.05) is 0 Å². The summed E-state index contributed by atoms with van der Waals surface area (Å²) in [4.78, 5) is 30.7. The van der Waals surface area contributed by atoms with Crippen molar-refractivity contribution in [2.45, 2.75) is 69.5 Å². The summed E-state index contributed by atoms with van der Waals surface area (Å²) in [5, 5.41) is 29.1. The number of aromatic nitrogens is 3. The second-order valence-corrected chi connectivity index (χ2v) is 11.2. The van der Waals surface area contributed by atoms with E-state index in [9.17, 15) is 27.9 Å². The number of pyridine rings is 1. The van der Waals surface area contributed by atoms with Gasteiger partial charge in [0.15, 0.2) is 0 Å². The highest BCUT2D eigenvalue weighted by Crippen LogP contribution is 2.36. The number of halogens is 3. The third-order valence-corrected chi connectivity index (χ3v) is 7.67. The van der Waals surface area contributed by atoms with Crippen molar-refractivity contribution in [2.75, 3.05) is 18.4 Å². The minimum atomic E-state index is -2.92. The van der Waals surface area contributed by atoms with Gasteiger partial charge in [0.25, 0.3) is 11.8 Å². The molecule has 0 spiro atoms. The Balaban J connectivity index is 1.33. The molecule has 2 amide bonds. The number of anilines is 1. The Morgan fingerprint density at radius 2 is 2.02 bits per heavy atom. The lowest BCUT2D eigenvalue weighted by atomic mass is 9.88. The van der Waals surface area contributed by atoms with Crippen LogP contribution in [-0.2, 0) is 4.74 Å². The lowest BCUT2D eigenvalue weighted by Gasteiger charge is -2.46. The summed E-state index contributed by atoms with van der Waals surface area (Å²) in [7, 11) is 0. The highest BCUT2D eigenvalue weighted by atomic mass is 19.3. The van der Waals surface area contributed by atoms with Crippen LogP contribution in [-0.4, -0.2) is 85.6 Å². The van der Waals surface area contributed by atoms with E-state index in [1.807, 2.05) is 6.07 Å². The van der Waals surface area contributed by atoms with Crippen LogP contribution in [0.4, 0.5) is 23.7 Å². The summed E-state index contributed by atoms with van der Waals surface area (Å²) < 4.78 is 48.2. The standard InChI is InChI=1S/C28H30F3N7O4/c1-15-28(30,31)14-37(15)26(40)42-19-7-17(8-19)36-21-9-22(23-5-4-18-6-16(10-32)11-35-38(18)23)33-12-20(21)25(39)34-13-24(29)27(2,3)41/h4-6,9,11-12,15,17,19,24,41H,7-8,13-14H2,1-3H3,(H,33,36)(H,34,39). The smallest absolute Gasteiger partial charge is 0.410 e. The third-order valence-electron chi connectivity index (χ3n) is 7.67. The van der Waals surface area contributed by atoms with Crippen LogP contribution in [0.3, 0.4) is 0 Å². The minimum absolute atomic E-state index is 0.124.